The zero-order chi connectivity index (χ0) is 15.5. The molecule has 7 heteroatoms. The maximum Gasteiger partial charge on any atom is 0.245 e. The number of benzene rings is 1. The van der Waals surface area contributed by atoms with Gasteiger partial charge in [0, 0.05) is 13.6 Å². The first-order valence-corrected chi connectivity index (χ1v) is 7.69. The van der Waals surface area contributed by atoms with Gasteiger partial charge >= 0.3 is 0 Å². The maximum atomic E-state index is 13.7. The Hall–Kier alpha value is -1.05. The molecule has 0 unspecified atom stereocenters. The summed E-state index contributed by atoms with van der Waals surface area (Å²) < 4.78 is 52.5. The van der Waals surface area contributed by atoms with Crippen LogP contribution in [0.1, 0.15) is 25.8 Å². The SMILES string of the molecule is CC(C)CCN(C)S(=O)(=O)c1cc(CO)cc(F)c1F. The Morgan fingerprint density at radius 1 is 1.30 bits per heavy atom. The highest BCUT2D eigenvalue weighted by atomic mass is 32.2. The molecule has 0 heterocycles. The van der Waals surface area contributed by atoms with Crippen LogP contribution in [0.4, 0.5) is 8.78 Å². The molecule has 4 nitrogen and oxygen atoms in total. The number of rotatable bonds is 6. The summed E-state index contributed by atoms with van der Waals surface area (Å²) in [5, 5.41) is 8.96. The maximum absolute atomic E-state index is 13.7. The van der Waals surface area contributed by atoms with Gasteiger partial charge in [0.25, 0.3) is 0 Å². The average molecular weight is 307 g/mol. The Morgan fingerprint density at radius 3 is 2.40 bits per heavy atom. The third-order valence-corrected chi connectivity index (χ3v) is 4.80. The number of sulfonamides is 1. The molecule has 1 rings (SSSR count). The quantitative estimate of drug-likeness (QED) is 0.876. The monoisotopic (exact) mass is 307 g/mol. The van der Waals surface area contributed by atoms with Gasteiger partial charge in [0.05, 0.1) is 6.61 Å². The van der Waals surface area contributed by atoms with Crippen molar-refractivity contribution >= 4 is 10.0 Å². The van der Waals surface area contributed by atoms with Gasteiger partial charge in [-0.2, -0.15) is 0 Å². The minimum atomic E-state index is -4.11. The van der Waals surface area contributed by atoms with Crippen molar-refractivity contribution in [3.05, 3.63) is 29.3 Å². The predicted molar refractivity (Wildman–Crippen MR) is 71.6 cm³/mol. The predicted octanol–water partition coefficient (Wildman–Crippen LogP) is 2.12. The van der Waals surface area contributed by atoms with Crippen molar-refractivity contribution in [3.8, 4) is 0 Å². The molecule has 0 saturated heterocycles. The highest BCUT2D eigenvalue weighted by Crippen LogP contribution is 2.23. The van der Waals surface area contributed by atoms with Crippen LogP contribution in [0.25, 0.3) is 0 Å². The Bertz CT molecular complexity index is 573. The molecule has 0 fully saturated rings. The zero-order valence-electron chi connectivity index (χ0n) is 11.7. The molecule has 0 atom stereocenters. The lowest BCUT2D eigenvalue weighted by molar-refractivity contribution is 0.280. The summed E-state index contributed by atoms with van der Waals surface area (Å²) in [6, 6.07) is 1.74. The van der Waals surface area contributed by atoms with Crippen LogP contribution in [0.3, 0.4) is 0 Å². The molecule has 0 saturated carbocycles. The summed E-state index contributed by atoms with van der Waals surface area (Å²) >= 11 is 0. The first-order valence-electron chi connectivity index (χ1n) is 6.25. The van der Waals surface area contributed by atoms with E-state index in [4.69, 9.17) is 5.11 Å². The van der Waals surface area contributed by atoms with E-state index in [1.165, 1.54) is 7.05 Å². The molecule has 1 N–H and O–H groups in total. The number of aliphatic hydroxyl groups is 1. The molecule has 114 valence electrons. The van der Waals surface area contributed by atoms with E-state index < -0.39 is 33.2 Å². The average Bonchev–Trinajstić information content (AvgIpc) is 2.38. The fraction of sp³-hybridized carbons (Fsp3) is 0.538. The summed E-state index contributed by atoms with van der Waals surface area (Å²) in [5.41, 5.74) is 0.0136. The van der Waals surface area contributed by atoms with E-state index in [-0.39, 0.29) is 18.0 Å². The molecule has 0 aliphatic heterocycles. The molecule has 0 aromatic heterocycles. The second-order valence-corrected chi connectivity index (χ2v) is 7.07. The second kappa shape index (κ2) is 6.60. The summed E-state index contributed by atoms with van der Waals surface area (Å²) in [4.78, 5) is -0.743. The van der Waals surface area contributed by atoms with Gasteiger partial charge < -0.3 is 5.11 Å². The van der Waals surface area contributed by atoms with Crippen molar-refractivity contribution in [1.29, 1.82) is 0 Å². The van der Waals surface area contributed by atoms with E-state index in [1.807, 2.05) is 13.8 Å². The number of hydrogen-bond acceptors (Lipinski definition) is 3. The second-order valence-electron chi connectivity index (χ2n) is 5.06. The first-order chi connectivity index (χ1) is 9.20. The molecular formula is C13H19F2NO3S. The van der Waals surface area contributed by atoms with E-state index in [0.29, 0.717) is 6.42 Å². The van der Waals surface area contributed by atoms with Crippen molar-refractivity contribution < 1.29 is 22.3 Å². The highest BCUT2D eigenvalue weighted by molar-refractivity contribution is 7.89. The van der Waals surface area contributed by atoms with Crippen LogP contribution in [-0.4, -0.2) is 31.4 Å². The van der Waals surface area contributed by atoms with Gasteiger partial charge in [-0.25, -0.2) is 21.5 Å². The van der Waals surface area contributed by atoms with Crippen LogP contribution in [0.2, 0.25) is 0 Å². The molecule has 0 spiro atoms. The van der Waals surface area contributed by atoms with Gasteiger partial charge in [-0.1, -0.05) is 13.8 Å². The van der Waals surface area contributed by atoms with Gasteiger partial charge in [-0.05, 0) is 30.0 Å². The number of aliphatic hydroxyl groups excluding tert-OH is 1. The molecule has 1 aromatic rings. The van der Waals surface area contributed by atoms with E-state index in [0.717, 1.165) is 16.4 Å². The van der Waals surface area contributed by atoms with Gasteiger partial charge in [0.1, 0.15) is 4.90 Å². The Kier molecular flexibility index (Phi) is 5.61. The smallest absolute Gasteiger partial charge is 0.245 e. The van der Waals surface area contributed by atoms with Crippen molar-refractivity contribution in [2.45, 2.75) is 31.8 Å². The summed E-state index contributed by atoms with van der Waals surface area (Å²) in [7, 11) is -2.79. The van der Waals surface area contributed by atoms with Gasteiger partial charge in [0.2, 0.25) is 10.0 Å². The van der Waals surface area contributed by atoms with Crippen molar-refractivity contribution in [3.63, 3.8) is 0 Å². The van der Waals surface area contributed by atoms with E-state index in [9.17, 15) is 17.2 Å². The summed E-state index contributed by atoms with van der Waals surface area (Å²) in [6.07, 6.45) is 0.611. The number of halogens is 2. The van der Waals surface area contributed by atoms with E-state index in [1.54, 1.807) is 0 Å². The largest absolute Gasteiger partial charge is 0.392 e. The van der Waals surface area contributed by atoms with E-state index in [2.05, 4.69) is 0 Å². The zero-order valence-corrected chi connectivity index (χ0v) is 12.5. The van der Waals surface area contributed by atoms with E-state index >= 15 is 0 Å². The van der Waals surface area contributed by atoms with Crippen LogP contribution in [0.15, 0.2) is 17.0 Å². The third-order valence-electron chi connectivity index (χ3n) is 2.95. The molecular weight excluding hydrogens is 288 g/mol. The van der Waals surface area contributed by atoms with Crippen molar-refractivity contribution in [2.75, 3.05) is 13.6 Å². The standard InChI is InChI=1S/C13H19F2NO3S/c1-9(2)4-5-16(3)20(18,19)12-7-10(8-17)6-11(14)13(12)15/h6-7,9,17H,4-5,8H2,1-3H3. The summed E-state index contributed by atoms with van der Waals surface area (Å²) in [5.74, 6) is -2.41. The molecule has 1 aromatic carbocycles. The Labute approximate surface area is 118 Å². The lowest BCUT2D eigenvalue weighted by Gasteiger charge is -2.19. The van der Waals surface area contributed by atoms with Crippen LogP contribution in [-0.2, 0) is 16.6 Å². The number of nitrogens with zero attached hydrogens (tertiary/aromatic N) is 1. The van der Waals surface area contributed by atoms with Crippen LogP contribution in [0, 0.1) is 17.6 Å². The lowest BCUT2D eigenvalue weighted by Crippen LogP contribution is -2.29. The van der Waals surface area contributed by atoms with Crippen molar-refractivity contribution in [2.24, 2.45) is 5.92 Å². The molecule has 0 aliphatic rings. The van der Waals surface area contributed by atoms with Gasteiger partial charge in [0.15, 0.2) is 11.6 Å². The third kappa shape index (κ3) is 3.74. The highest BCUT2D eigenvalue weighted by Gasteiger charge is 2.27. The molecule has 0 radical (unpaired) electrons. The van der Waals surface area contributed by atoms with Crippen LogP contribution >= 0.6 is 0 Å². The first kappa shape index (κ1) is 17.0. The minimum absolute atomic E-state index is 0.0136. The molecule has 20 heavy (non-hydrogen) atoms. The topological polar surface area (TPSA) is 57.6 Å². The summed E-state index contributed by atoms with van der Waals surface area (Å²) in [6.45, 7) is 3.53. The Balaban J connectivity index is 3.18. The van der Waals surface area contributed by atoms with Gasteiger partial charge in [-0.15, -0.1) is 0 Å². The molecule has 0 aliphatic carbocycles. The Morgan fingerprint density at radius 2 is 1.90 bits per heavy atom. The van der Waals surface area contributed by atoms with Crippen LogP contribution in [0.5, 0.6) is 0 Å². The molecule has 0 amide bonds. The fourth-order valence-electron chi connectivity index (χ4n) is 1.62. The lowest BCUT2D eigenvalue weighted by atomic mass is 10.1. The van der Waals surface area contributed by atoms with Gasteiger partial charge in [-0.3, -0.25) is 0 Å². The normalized spacial score (nSPS) is 12.4. The van der Waals surface area contributed by atoms with Crippen LogP contribution < -0.4 is 0 Å². The molecule has 0 bridgehead atoms. The number of hydrogen-bond donors (Lipinski definition) is 1. The van der Waals surface area contributed by atoms with Crippen molar-refractivity contribution in [1.82, 2.24) is 4.31 Å². The minimum Gasteiger partial charge on any atom is -0.392 e. The fourth-order valence-corrected chi connectivity index (χ4v) is 2.93.